The fraction of sp³-hybridized carbons (Fsp3) is 0.588. The molecule has 1 fully saturated rings. The van der Waals surface area contributed by atoms with Gasteiger partial charge in [0.25, 0.3) is 5.91 Å². The Bertz CT molecular complexity index is 602. The number of aliphatic hydroxyl groups excluding tert-OH is 1. The summed E-state index contributed by atoms with van der Waals surface area (Å²) in [5.74, 6) is 5.91. The largest absolute Gasteiger partial charge is 0.395 e. The number of thiophene rings is 1. The van der Waals surface area contributed by atoms with E-state index in [0.29, 0.717) is 11.3 Å². The lowest BCUT2D eigenvalue weighted by Crippen LogP contribution is -2.29. The fourth-order valence-electron chi connectivity index (χ4n) is 2.68. The normalized spacial score (nSPS) is 18.8. The standard InChI is InChI=1S/C17H23NO2S/c1-11-10-13(21-12(11)8-6-7-9-19)14(20)18-15-16(2,3)17(15,4)5/h10,15,19H,7,9H2,1-5H3,(H,18,20). The predicted molar refractivity (Wildman–Crippen MR) is 86.5 cm³/mol. The zero-order chi connectivity index (χ0) is 15.8. The molecule has 4 heteroatoms. The molecule has 21 heavy (non-hydrogen) atoms. The van der Waals surface area contributed by atoms with Crippen LogP contribution in [0.1, 0.15) is 54.2 Å². The molecule has 0 saturated heterocycles. The van der Waals surface area contributed by atoms with Crippen LogP contribution in [0.4, 0.5) is 0 Å². The zero-order valence-electron chi connectivity index (χ0n) is 13.3. The van der Waals surface area contributed by atoms with Gasteiger partial charge in [0.1, 0.15) is 0 Å². The van der Waals surface area contributed by atoms with Gasteiger partial charge in [-0.3, -0.25) is 4.79 Å². The number of carbonyl (C=O) groups excluding carboxylic acids is 1. The molecule has 0 radical (unpaired) electrons. The summed E-state index contributed by atoms with van der Waals surface area (Å²) in [6.07, 6.45) is 0.462. The van der Waals surface area contributed by atoms with Gasteiger partial charge in [-0.05, 0) is 29.4 Å². The van der Waals surface area contributed by atoms with Gasteiger partial charge < -0.3 is 10.4 Å². The Morgan fingerprint density at radius 3 is 2.52 bits per heavy atom. The first-order valence-corrected chi connectivity index (χ1v) is 8.04. The molecule has 1 amide bonds. The second kappa shape index (κ2) is 5.47. The lowest BCUT2D eigenvalue weighted by molar-refractivity contribution is 0.0947. The van der Waals surface area contributed by atoms with Crippen LogP contribution in [0.15, 0.2) is 6.07 Å². The molecule has 1 aliphatic carbocycles. The number of rotatable bonds is 3. The third-order valence-corrected chi connectivity index (χ3v) is 6.03. The van der Waals surface area contributed by atoms with Crippen molar-refractivity contribution < 1.29 is 9.90 Å². The Labute approximate surface area is 130 Å². The van der Waals surface area contributed by atoms with Crippen LogP contribution in [0.3, 0.4) is 0 Å². The summed E-state index contributed by atoms with van der Waals surface area (Å²) < 4.78 is 0. The molecule has 1 aromatic rings. The molecule has 114 valence electrons. The van der Waals surface area contributed by atoms with E-state index in [-0.39, 0.29) is 29.4 Å². The average molecular weight is 305 g/mol. The summed E-state index contributed by atoms with van der Waals surface area (Å²) in [5, 5.41) is 11.9. The van der Waals surface area contributed by atoms with Crippen LogP contribution in [-0.2, 0) is 0 Å². The molecule has 1 heterocycles. The summed E-state index contributed by atoms with van der Waals surface area (Å²) in [6.45, 7) is 10.8. The van der Waals surface area contributed by atoms with E-state index in [1.165, 1.54) is 11.3 Å². The van der Waals surface area contributed by atoms with Crippen LogP contribution in [0.5, 0.6) is 0 Å². The van der Waals surface area contributed by atoms with Gasteiger partial charge >= 0.3 is 0 Å². The van der Waals surface area contributed by atoms with E-state index in [4.69, 9.17) is 5.11 Å². The number of hydrogen-bond acceptors (Lipinski definition) is 3. The number of nitrogens with one attached hydrogen (secondary N) is 1. The van der Waals surface area contributed by atoms with Crippen LogP contribution in [-0.4, -0.2) is 23.7 Å². The van der Waals surface area contributed by atoms with E-state index in [9.17, 15) is 4.79 Å². The molecule has 0 unspecified atom stereocenters. The van der Waals surface area contributed by atoms with Crippen molar-refractivity contribution in [2.75, 3.05) is 6.61 Å². The Hall–Kier alpha value is -1.31. The number of hydrogen-bond donors (Lipinski definition) is 2. The summed E-state index contributed by atoms with van der Waals surface area (Å²) in [6, 6.07) is 2.11. The Morgan fingerprint density at radius 2 is 2.00 bits per heavy atom. The first kappa shape index (κ1) is 16.1. The SMILES string of the molecule is Cc1cc(C(=O)NC2C(C)(C)C2(C)C)sc1C#CCCO. The lowest BCUT2D eigenvalue weighted by Gasteiger charge is -2.04. The van der Waals surface area contributed by atoms with Crippen LogP contribution >= 0.6 is 11.3 Å². The molecule has 2 rings (SSSR count). The highest BCUT2D eigenvalue weighted by Gasteiger charge is 2.65. The number of carbonyl (C=O) groups is 1. The van der Waals surface area contributed by atoms with Crippen LogP contribution in [0.25, 0.3) is 0 Å². The molecule has 1 aromatic heterocycles. The summed E-state index contributed by atoms with van der Waals surface area (Å²) in [5.41, 5.74) is 1.29. The molecule has 0 atom stereocenters. The predicted octanol–water partition coefficient (Wildman–Crippen LogP) is 2.95. The molecule has 1 saturated carbocycles. The van der Waals surface area contributed by atoms with E-state index in [1.54, 1.807) is 0 Å². The molecule has 0 aliphatic heterocycles. The van der Waals surface area contributed by atoms with Crippen LogP contribution in [0.2, 0.25) is 0 Å². The topological polar surface area (TPSA) is 49.3 Å². The van der Waals surface area contributed by atoms with E-state index < -0.39 is 0 Å². The maximum atomic E-state index is 12.4. The van der Waals surface area contributed by atoms with E-state index in [1.807, 2.05) is 13.0 Å². The Balaban J connectivity index is 2.08. The third-order valence-electron chi connectivity index (χ3n) is 4.88. The van der Waals surface area contributed by atoms with Crippen molar-refractivity contribution >= 4 is 17.2 Å². The molecule has 3 nitrogen and oxygen atoms in total. The van der Waals surface area contributed by atoms with Gasteiger partial charge in [0.15, 0.2) is 0 Å². The van der Waals surface area contributed by atoms with Crippen molar-refractivity contribution in [1.29, 1.82) is 0 Å². The quantitative estimate of drug-likeness (QED) is 0.844. The van der Waals surface area contributed by atoms with Crippen molar-refractivity contribution in [1.82, 2.24) is 5.32 Å². The Morgan fingerprint density at radius 1 is 1.38 bits per heavy atom. The van der Waals surface area contributed by atoms with Crippen molar-refractivity contribution in [2.45, 2.75) is 47.1 Å². The second-order valence-corrected chi connectivity index (χ2v) is 7.80. The molecule has 2 N–H and O–H groups in total. The lowest BCUT2D eigenvalue weighted by atomic mass is 10.0. The molecular formula is C17H23NO2S. The second-order valence-electron chi connectivity index (χ2n) is 6.75. The van der Waals surface area contributed by atoms with Crippen molar-refractivity contribution in [3.63, 3.8) is 0 Å². The minimum Gasteiger partial charge on any atom is -0.395 e. The summed E-state index contributed by atoms with van der Waals surface area (Å²) in [4.78, 5) is 14.0. The zero-order valence-corrected chi connectivity index (χ0v) is 14.1. The van der Waals surface area contributed by atoms with Crippen molar-refractivity contribution in [2.24, 2.45) is 10.8 Å². The van der Waals surface area contributed by atoms with E-state index in [2.05, 4.69) is 44.9 Å². The van der Waals surface area contributed by atoms with Gasteiger partial charge in [-0.1, -0.05) is 39.5 Å². The molecular weight excluding hydrogens is 282 g/mol. The highest BCUT2D eigenvalue weighted by molar-refractivity contribution is 7.14. The highest BCUT2D eigenvalue weighted by Crippen LogP contribution is 2.62. The van der Waals surface area contributed by atoms with E-state index in [0.717, 1.165) is 10.4 Å². The molecule has 0 spiro atoms. The maximum absolute atomic E-state index is 12.4. The molecule has 1 aliphatic rings. The first-order chi connectivity index (χ1) is 9.71. The van der Waals surface area contributed by atoms with Crippen LogP contribution in [0, 0.1) is 29.6 Å². The minimum atomic E-state index is -0.0121. The van der Waals surface area contributed by atoms with Gasteiger partial charge in [-0.25, -0.2) is 0 Å². The monoisotopic (exact) mass is 305 g/mol. The number of aryl methyl sites for hydroxylation is 1. The third kappa shape index (κ3) is 2.86. The fourth-order valence-corrected chi connectivity index (χ4v) is 3.63. The average Bonchev–Trinajstić information content (AvgIpc) is 2.71. The first-order valence-electron chi connectivity index (χ1n) is 7.23. The van der Waals surface area contributed by atoms with Gasteiger partial charge in [-0.15, -0.1) is 11.3 Å². The van der Waals surface area contributed by atoms with Gasteiger partial charge in [-0.2, -0.15) is 0 Å². The van der Waals surface area contributed by atoms with E-state index >= 15 is 0 Å². The summed E-state index contributed by atoms with van der Waals surface area (Å²) >= 11 is 1.42. The van der Waals surface area contributed by atoms with Gasteiger partial charge in [0.2, 0.25) is 0 Å². The van der Waals surface area contributed by atoms with Crippen LogP contribution < -0.4 is 5.32 Å². The smallest absolute Gasteiger partial charge is 0.261 e. The number of aliphatic hydroxyl groups is 1. The highest BCUT2D eigenvalue weighted by atomic mass is 32.1. The minimum absolute atomic E-state index is 0.0121. The Kier molecular flexibility index (Phi) is 4.19. The van der Waals surface area contributed by atoms with Gasteiger partial charge in [0.05, 0.1) is 16.4 Å². The maximum Gasteiger partial charge on any atom is 0.261 e. The summed E-state index contributed by atoms with van der Waals surface area (Å²) in [7, 11) is 0. The molecule has 0 aromatic carbocycles. The van der Waals surface area contributed by atoms with Gasteiger partial charge in [0, 0.05) is 12.5 Å². The van der Waals surface area contributed by atoms with Crippen molar-refractivity contribution in [3.8, 4) is 11.8 Å². The number of amides is 1. The van der Waals surface area contributed by atoms with Crippen molar-refractivity contribution in [3.05, 3.63) is 21.4 Å². The molecule has 0 bridgehead atoms.